The summed E-state index contributed by atoms with van der Waals surface area (Å²) in [7, 11) is 2.05. The smallest absolute Gasteiger partial charge is 0.241 e. The Morgan fingerprint density at radius 2 is 2.00 bits per heavy atom. The summed E-state index contributed by atoms with van der Waals surface area (Å²) in [4.78, 5) is 7.89. The molecule has 0 spiro atoms. The molecule has 3 aromatic rings. The minimum Gasteiger partial charge on any atom is -0.338 e. The van der Waals surface area contributed by atoms with E-state index < -0.39 is 0 Å². The van der Waals surface area contributed by atoms with Gasteiger partial charge in [-0.3, -0.25) is 4.90 Å². The van der Waals surface area contributed by atoms with Crippen LogP contribution in [0.15, 0.2) is 50.5 Å². The van der Waals surface area contributed by atoms with E-state index in [4.69, 9.17) is 4.52 Å². The van der Waals surface area contributed by atoms with Crippen LogP contribution in [0, 0.1) is 0 Å². The van der Waals surface area contributed by atoms with Gasteiger partial charge in [0.1, 0.15) is 0 Å². The molecule has 0 saturated heterocycles. The summed E-state index contributed by atoms with van der Waals surface area (Å²) < 4.78 is 5.33. The van der Waals surface area contributed by atoms with Gasteiger partial charge < -0.3 is 4.52 Å². The molecule has 0 atom stereocenters. The van der Waals surface area contributed by atoms with Crippen molar-refractivity contribution in [3.63, 3.8) is 0 Å². The van der Waals surface area contributed by atoms with E-state index in [1.165, 1.54) is 10.5 Å². The number of benzene rings is 1. The normalized spacial score (nSPS) is 11.2. The Morgan fingerprint density at radius 1 is 1.18 bits per heavy atom. The molecule has 0 amide bonds. The van der Waals surface area contributed by atoms with Gasteiger partial charge in [0.15, 0.2) is 0 Å². The first kappa shape index (κ1) is 15.3. The molecule has 1 aromatic carbocycles. The van der Waals surface area contributed by atoms with Crippen LogP contribution in [0.3, 0.4) is 0 Å². The van der Waals surface area contributed by atoms with Crippen molar-refractivity contribution in [2.75, 3.05) is 13.3 Å². The van der Waals surface area contributed by atoms with E-state index in [9.17, 15) is 0 Å². The van der Waals surface area contributed by atoms with Gasteiger partial charge in [-0.2, -0.15) is 16.3 Å². The van der Waals surface area contributed by atoms with Crippen LogP contribution in [0.2, 0.25) is 0 Å². The molecule has 0 aliphatic rings. The van der Waals surface area contributed by atoms with Crippen LogP contribution in [0.25, 0.3) is 11.4 Å². The molecule has 0 aliphatic carbocycles. The highest BCUT2D eigenvalue weighted by Gasteiger charge is 2.11. The zero-order chi connectivity index (χ0) is 15.4. The van der Waals surface area contributed by atoms with Crippen molar-refractivity contribution in [2.45, 2.75) is 18.0 Å². The Bertz CT molecular complexity index is 707. The quantitative estimate of drug-likeness (QED) is 0.635. The van der Waals surface area contributed by atoms with E-state index in [1.807, 2.05) is 16.8 Å². The highest BCUT2D eigenvalue weighted by molar-refractivity contribution is 7.98. The monoisotopic (exact) mass is 331 g/mol. The van der Waals surface area contributed by atoms with Gasteiger partial charge in [-0.15, -0.1) is 11.8 Å². The number of thioether (sulfide) groups is 1. The van der Waals surface area contributed by atoms with Crippen LogP contribution in [-0.2, 0) is 13.1 Å². The van der Waals surface area contributed by atoms with Gasteiger partial charge in [0.25, 0.3) is 0 Å². The summed E-state index contributed by atoms with van der Waals surface area (Å²) in [5.41, 5.74) is 2.29. The van der Waals surface area contributed by atoms with Gasteiger partial charge in [0, 0.05) is 22.4 Å². The standard InChI is InChI=1S/C16H17N3OS2/c1-19(9-12-3-5-14(21-2)6-4-12)10-15-17-16(18-20-15)13-7-8-22-11-13/h3-8,11H,9-10H2,1-2H3. The molecule has 22 heavy (non-hydrogen) atoms. The predicted octanol–water partition coefficient (Wildman–Crippen LogP) is 4.15. The summed E-state index contributed by atoms with van der Waals surface area (Å²) in [5.74, 6) is 1.30. The lowest BCUT2D eigenvalue weighted by Gasteiger charge is -2.14. The van der Waals surface area contributed by atoms with Gasteiger partial charge in [-0.1, -0.05) is 17.3 Å². The third-order valence-electron chi connectivity index (χ3n) is 3.26. The van der Waals surface area contributed by atoms with Crippen LogP contribution >= 0.6 is 23.1 Å². The van der Waals surface area contributed by atoms with E-state index >= 15 is 0 Å². The van der Waals surface area contributed by atoms with Crippen molar-refractivity contribution in [2.24, 2.45) is 0 Å². The fourth-order valence-corrected chi connectivity index (χ4v) is 3.20. The van der Waals surface area contributed by atoms with Crippen LogP contribution in [-0.4, -0.2) is 28.3 Å². The minimum atomic E-state index is 0.640. The molecule has 0 fully saturated rings. The van der Waals surface area contributed by atoms with Crippen molar-refractivity contribution < 1.29 is 4.52 Å². The van der Waals surface area contributed by atoms with Crippen LogP contribution in [0.4, 0.5) is 0 Å². The van der Waals surface area contributed by atoms with Gasteiger partial charge in [0.05, 0.1) is 6.54 Å². The Balaban J connectivity index is 1.60. The molecule has 2 heterocycles. The van der Waals surface area contributed by atoms with Crippen LogP contribution in [0.5, 0.6) is 0 Å². The number of nitrogens with zero attached hydrogens (tertiary/aromatic N) is 3. The minimum absolute atomic E-state index is 0.640. The summed E-state index contributed by atoms with van der Waals surface area (Å²) in [6.45, 7) is 1.49. The molecule has 0 bridgehead atoms. The van der Waals surface area contributed by atoms with Gasteiger partial charge in [0.2, 0.25) is 11.7 Å². The fourth-order valence-electron chi connectivity index (χ4n) is 2.16. The lowest BCUT2D eigenvalue weighted by molar-refractivity contribution is 0.261. The zero-order valence-corrected chi connectivity index (χ0v) is 14.2. The lowest BCUT2D eigenvalue weighted by atomic mass is 10.2. The summed E-state index contributed by atoms with van der Waals surface area (Å²) in [6.07, 6.45) is 2.09. The average Bonchev–Trinajstić information content (AvgIpc) is 3.19. The Hall–Kier alpha value is -1.63. The SMILES string of the molecule is CSc1ccc(CN(C)Cc2nc(-c3ccsc3)no2)cc1. The molecule has 0 radical (unpaired) electrons. The molecule has 6 heteroatoms. The van der Waals surface area contributed by atoms with E-state index in [1.54, 1.807) is 23.1 Å². The first-order valence-electron chi connectivity index (χ1n) is 6.91. The maximum absolute atomic E-state index is 5.33. The highest BCUT2D eigenvalue weighted by Crippen LogP contribution is 2.19. The summed E-state index contributed by atoms with van der Waals surface area (Å²) >= 11 is 3.38. The van der Waals surface area contributed by atoms with Crippen molar-refractivity contribution in [3.05, 3.63) is 52.5 Å². The van der Waals surface area contributed by atoms with Crippen molar-refractivity contribution >= 4 is 23.1 Å². The fraction of sp³-hybridized carbons (Fsp3) is 0.250. The molecule has 2 aromatic heterocycles. The number of hydrogen-bond donors (Lipinski definition) is 0. The second kappa shape index (κ2) is 7.09. The lowest BCUT2D eigenvalue weighted by Crippen LogP contribution is -2.17. The predicted molar refractivity (Wildman–Crippen MR) is 91.0 cm³/mol. The molecule has 0 N–H and O–H groups in total. The number of aromatic nitrogens is 2. The zero-order valence-electron chi connectivity index (χ0n) is 12.5. The van der Waals surface area contributed by atoms with E-state index in [0.717, 1.165) is 12.1 Å². The molecule has 3 rings (SSSR count). The summed E-state index contributed by atoms with van der Waals surface area (Å²) in [6, 6.07) is 10.6. The molecule has 0 saturated carbocycles. The maximum Gasteiger partial charge on any atom is 0.241 e. The van der Waals surface area contributed by atoms with Crippen LogP contribution in [0.1, 0.15) is 11.5 Å². The Morgan fingerprint density at radius 3 is 2.68 bits per heavy atom. The number of thiophene rings is 1. The highest BCUT2D eigenvalue weighted by atomic mass is 32.2. The second-order valence-electron chi connectivity index (χ2n) is 5.04. The number of rotatable bonds is 6. The second-order valence-corrected chi connectivity index (χ2v) is 6.70. The maximum atomic E-state index is 5.33. The third kappa shape index (κ3) is 3.76. The van der Waals surface area contributed by atoms with Gasteiger partial charge in [-0.05, 0) is 42.4 Å². The van der Waals surface area contributed by atoms with Gasteiger partial charge >= 0.3 is 0 Å². The number of hydrogen-bond acceptors (Lipinski definition) is 6. The molecule has 0 unspecified atom stereocenters. The van der Waals surface area contributed by atoms with E-state index in [2.05, 4.69) is 52.6 Å². The molecular formula is C16H17N3OS2. The first-order valence-corrected chi connectivity index (χ1v) is 9.08. The summed E-state index contributed by atoms with van der Waals surface area (Å²) in [5, 5.41) is 8.06. The first-order chi connectivity index (χ1) is 10.7. The van der Waals surface area contributed by atoms with Crippen molar-refractivity contribution in [1.82, 2.24) is 15.0 Å². The molecular weight excluding hydrogens is 314 g/mol. The van der Waals surface area contributed by atoms with E-state index in [0.29, 0.717) is 18.3 Å². The largest absolute Gasteiger partial charge is 0.338 e. The third-order valence-corrected chi connectivity index (χ3v) is 4.69. The van der Waals surface area contributed by atoms with Crippen molar-refractivity contribution in [3.8, 4) is 11.4 Å². The molecule has 0 aliphatic heterocycles. The average molecular weight is 331 g/mol. The Labute approximate surface area is 138 Å². The van der Waals surface area contributed by atoms with Crippen molar-refractivity contribution in [1.29, 1.82) is 0 Å². The topological polar surface area (TPSA) is 42.2 Å². The Kier molecular flexibility index (Phi) is 4.92. The van der Waals surface area contributed by atoms with Gasteiger partial charge in [-0.25, -0.2) is 0 Å². The molecule has 4 nitrogen and oxygen atoms in total. The molecule has 114 valence electrons. The van der Waals surface area contributed by atoms with E-state index in [-0.39, 0.29) is 0 Å². The van der Waals surface area contributed by atoms with Crippen LogP contribution < -0.4 is 0 Å².